The Bertz CT molecular complexity index is 558. The lowest BCUT2D eigenvalue weighted by Crippen LogP contribution is -2.44. The van der Waals surface area contributed by atoms with Crippen molar-refractivity contribution in [1.29, 1.82) is 0 Å². The van der Waals surface area contributed by atoms with Crippen molar-refractivity contribution < 1.29 is 9.53 Å². The van der Waals surface area contributed by atoms with Gasteiger partial charge in [0, 0.05) is 26.1 Å². The largest absolute Gasteiger partial charge is 0.444 e. The summed E-state index contributed by atoms with van der Waals surface area (Å²) in [5.74, 6) is 0.160. The van der Waals surface area contributed by atoms with Crippen molar-refractivity contribution in [3.05, 3.63) is 33.8 Å². The molecule has 0 spiro atoms. The number of rotatable bonds is 2. The fourth-order valence-corrected chi connectivity index (χ4v) is 2.93. The third kappa shape index (κ3) is 4.06. The second kappa shape index (κ2) is 6.65. The van der Waals surface area contributed by atoms with E-state index >= 15 is 0 Å². The first-order valence-electron chi connectivity index (χ1n) is 7.30. The van der Waals surface area contributed by atoms with E-state index in [1.54, 1.807) is 18.0 Å². The van der Waals surface area contributed by atoms with Crippen molar-refractivity contribution in [2.24, 2.45) is 0 Å². The number of halogens is 2. The van der Waals surface area contributed by atoms with E-state index in [0.29, 0.717) is 10.0 Å². The van der Waals surface area contributed by atoms with Gasteiger partial charge in [0.05, 0.1) is 16.1 Å². The van der Waals surface area contributed by atoms with Gasteiger partial charge in [-0.05, 0) is 38.5 Å². The van der Waals surface area contributed by atoms with E-state index in [0.717, 1.165) is 18.7 Å². The number of likely N-dealkylation sites (N-methyl/N-ethyl adjacent to an activating group) is 1. The molecule has 4 nitrogen and oxygen atoms in total. The van der Waals surface area contributed by atoms with Crippen molar-refractivity contribution >= 4 is 29.3 Å². The number of hydrogen-bond donors (Lipinski definition) is 1. The summed E-state index contributed by atoms with van der Waals surface area (Å²) in [6.45, 7) is 7.10. The Morgan fingerprint density at radius 3 is 2.55 bits per heavy atom. The Morgan fingerprint density at radius 2 is 1.95 bits per heavy atom. The topological polar surface area (TPSA) is 41.6 Å². The first kappa shape index (κ1) is 17.4. The second-order valence-electron chi connectivity index (χ2n) is 6.60. The Balaban J connectivity index is 2.16. The molecule has 22 heavy (non-hydrogen) atoms. The molecule has 1 saturated heterocycles. The zero-order chi connectivity index (χ0) is 16.5. The average molecular weight is 345 g/mol. The number of ether oxygens (including phenoxy) is 1. The Hall–Kier alpha value is -0.970. The van der Waals surface area contributed by atoms with Crippen molar-refractivity contribution in [3.8, 4) is 0 Å². The molecule has 1 aromatic carbocycles. The van der Waals surface area contributed by atoms with E-state index in [4.69, 9.17) is 27.9 Å². The van der Waals surface area contributed by atoms with E-state index in [9.17, 15) is 4.79 Å². The molecular formula is C16H22Cl2N2O2. The lowest BCUT2D eigenvalue weighted by atomic mass is 9.93. The van der Waals surface area contributed by atoms with Crippen LogP contribution in [-0.4, -0.2) is 42.8 Å². The van der Waals surface area contributed by atoms with Gasteiger partial charge in [0.1, 0.15) is 5.60 Å². The number of nitrogens with one attached hydrogen (secondary N) is 1. The molecule has 1 fully saturated rings. The first-order chi connectivity index (χ1) is 10.2. The smallest absolute Gasteiger partial charge is 0.410 e. The molecule has 0 radical (unpaired) electrons. The van der Waals surface area contributed by atoms with Gasteiger partial charge in [0.2, 0.25) is 0 Å². The molecule has 0 saturated carbocycles. The van der Waals surface area contributed by atoms with Crippen LogP contribution < -0.4 is 5.32 Å². The van der Waals surface area contributed by atoms with E-state index in [-0.39, 0.29) is 18.1 Å². The Morgan fingerprint density at radius 1 is 1.27 bits per heavy atom. The number of hydrogen-bond acceptors (Lipinski definition) is 3. The highest BCUT2D eigenvalue weighted by atomic mass is 35.5. The summed E-state index contributed by atoms with van der Waals surface area (Å²) in [6.07, 6.45) is -0.314. The number of carbonyl (C=O) groups is 1. The van der Waals surface area contributed by atoms with Crippen LogP contribution in [0.15, 0.2) is 18.2 Å². The fourth-order valence-electron chi connectivity index (χ4n) is 2.62. The molecule has 0 aliphatic carbocycles. The molecule has 1 N–H and O–H groups in total. The Labute approximate surface area is 141 Å². The second-order valence-corrected chi connectivity index (χ2v) is 7.41. The van der Waals surface area contributed by atoms with Gasteiger partial charge in [0.15, 0.2) is 0 Å². The van der Waals surface area contributed by atoms with Gasteiger partial charge in [-0.25, -0.2) is 4.79 Å². The highest BCUT2D eigenvalue weighted by Gasteiger charge is 2.35. The minimum atomic E-state index is -0.504. The number of amides is 1. The van der Waals surface area contributed by atoms with E-state index in [1.807, 2.05) is 32.9 Å². The molecule has 2 rings (SSSR count). The lowest BCUT2D eigenvalue weighted by molar-refractivity contribution is 0.0224. The van der Waals surface area contributed by atoms with E-state index < -0.39 is 5.60 Å². The van der Waals surface area contributed by atoms with Crippen LogP contribution in [0.1, 0.15) is 32.3 Å². The molecule has 0 aromatic heterocycles. The van der Waals surface area contributed by atoms with E-state index in [1.165, 1.54) is 0 Å². The lowest BCUT2D eigenvalue weighted by Gasteiger charge is -2.31. The molecule has 0 bridgehead atoms. The highest BCUT2D eigenvalue weighted by Crippen LogP contribution is 2.31. The van der Waals surface area contributed by atoms with Crippen LogP contribution in [0.3, 0.4) is 0 Å². The average Bonchev–Trinajstić information content (AvgIpc) is 2.88. The summed E-state index contributed by atoms with van der Waals surface area (Å²) in [5.41, 5.74) is 0.566. The van der Waals surface area contributed by atoms with Crippen molar-refractivity contribution in [1.82, 2.24) is 10.2 Å². The molecule has 1 aliphatic rings. The van der Waals surface area contributed by atoms with Crippen LogP contribution in [0.4, 0.5) is 4.79 Å². The highest BCUT2D eigenvalue weighted by molar-refractivity contribution is 6.42. The van der Waals surface area contributed by atoms with Gasteiger partial charge in [-0.2, -0.15) is 0 Å². The van der Waals surface area contributed by atoms with Gasteiger partial charge in [-0.1, -0.05) is 29.3 Å². The van der Waals surface area contributed by atoms with Gasteiger partial charge in [-0.3, -0.25) is 0 Å². The van der Waals surface area contributed by atoms with Crippen LogP contribution in [-0.2, 0) is 4.74 Å². The SMILES string of the molecule is CN(C(=O)OC(C)(C)C)[C@H]1CNCC1c1ccc(Cl)c(Cl)c1. The van der Waals surface area contributed by atoms with Crippen LogP contribution >= 0.6 is 23.2 Å². The first-order valence-corrected chi connectivity index (χ1v) is 8.06. The summed E-state index contributed by atoms with van der Waals surface area (Å²) in [6, 6.07) is 5.65. The quantitative estimate of drug-likeness (QED) is 0.883. The van der Waals surface area contributed by atoms with Crippen molar-refractivity contribution in [2.75, 3.05) is 20.1 Å². The van der Waals surface area contributed by atoms with Crippen molar-refractivity contribution in [2.45, 2.75) is 38.3 Å². The van der Waals surface area contributed by atoms with Crippen LogP contribution in [0, 0.1) is 0 Å². The third-order valence-electron chi connectivity index (χ3n) is 3.73. The van der Waals surface area contributed by atoms with Crippen molar-refractivity contribution in [3.63, 3.8) is 0 Å². The van der Waals surface area contributed by atoms with E-state index in [2.05, 4.69) is 5.32 Å². The summed E-state index contributed by atoms with van der Waals surface area (Å²) < 4.78 is 5.45. The molecule has 1 aliphatic heterocycles. The standard InChI is InChI=1S/C16H22Cl2N2O2/c1-16(2,3)22-15(21)20(4)14-9-19-8-11(14)10-5-6-12(17)13(18)7-10/h5-7,11,14,19H,8-9H2,1-4H3/t11?,14-/m0/s1. The van der Waals surface area contributed by atoms with Gasteiger partial charge >= 0.3 is 6.09 Å². The minimum absolute atomic E-state index is 0.0205. The molecule has 122 valence electrons. The fraction of sp³-hybridized carbons (Fsp3) is 0.562. The molecular weight excluding hydrogens is 323 g/mol. The summed E-state index contributed by atoms with van der Waals surface area (Å²) in [5, 5.41) is 4.40. The van der Waals surface area contributed by atoms with Gasteiger partial charge in [0.25, 0.3) is 0 Å². The Kier molecular flexibility index (Phi) is 5.25. The molecule has 1 aromatic rings. The monoisotopic (exact) mass is 344 g/mol. The maximum absolute atomic E-state index is 12.3. The zero-order valence-electron chi connectivity index (χ0n) is 13.3. The number of benzene rings is 1. The van der Waals surface area contributed by atoms with Gasteiger partial charge < -0.3 is 15.0 Å². The number of carbonyl (C=O) groups excluding carboxylic acids is 1. The van der Waals surface area contributed by atoms with Crippen LogP contribution in [0.25, 0.3) is 0 Å². The summed E-state index contributed by atoms with van der Waals surface area (Å²) in [7, 11) is 1.77. The van der Waals surface area contributed by atoms with Crippen LogP contribution in [0.2, 0.25) is 10.0 Å². The van der Waals surface area contributed by atoms with Crippen LogP contribution in [0.5, 0.6) is 0 Å². The maximum atomic E-state index is 12.3. The predicted molar refractivity (Wildman–Crippen MR) is 89.9 cm³/mol. The number of nitrogens with zero attached hydrogens (tertiary/aromatic N) is 1. The molecule has 1 unspecified atom stereocenters. The summed E-state index contributed by atoms with van der Waals surface area (Å²) >= 11 is 12.1. The minimum Gasteiger partial charge on any atom is -0.444 e. The zero-order valence-corrected chi connectivity index (χ0v) is 14.8. The maximum Gasteiger partial charge on any atom is 0.410 e. The summed E-state index contributed by atoms with van der Waals surface area (Å²) in [4.78, 5) is 13.9. The third-order valence-corrected chi connectivity index (χ3v) is 4.47. The van der Waals surface area contributed by atoms with Gasteiger partial charge in [-0.15, -0.1) is 0 Å². The molecule has 6 heteroatoms. The molecule has 1 heterocycles. The molecule has 2 atom stereocenters. The predicted octanol–water partition coefficient (Wildman–Crippen LogP) is 3.92. The molecule has 1 amide bonds. The normalized spacial score (nSPS) is 21.7.